The predicted octanol–water partition coefficient (Wildman–Crippen LogP) is 15.0. The van der Waals surface area contributed by atoms with Crippen molar-refractivity contribution in [1.82, 2.24) is 14.5 Å². The molecule has 0 saturated carbocycles. The number of hydrogen-bond acceptors (Lipinski definition) is 3. The van der Waals surface area contributed by atoms with Crippen LogP contribution in [0.4, 0.5) is 0 Å². The lowest BCUT2D eigenvalue weighted by Gasteiger charge is -2.26. The van der Waals surface area contributed by atoms with Crippen molar-refractivity contribution in [3.8, 4) is 67.5 Å². The summed E-state index contributed by atoms with van der Waals surface area (Å²) in [6, 6.07) is 48.0. The third-order valence-electron chi connectivity index (χ3n) is 11.8. The molecule has 0 spiro atoms. The number of hydrogen-bond donors (Lipinski definition) is 1. The zero-order valence-electron chi connectivity index (χ0n) is 37.1. The molecule has 0 fully saturated rings. The molecule has 302 valence electrons. The van der Waals surface area contributed by atoms with Gasteiger partial charge in [-0.05, 0) is 134 Å². The molecule has 0 amide bonds. The lowest BCUT2D eigenvalue weighted by molar-refractivity contribution is 0.472. The minimum atomic E-state index is -0.206. The second-order valence-electron chi connectivity index (χ2n) is 19.6. The van der Waals surface area contributed by atoms with Gasteiger partial charge in [-0.2, -0.15) is 0 Å². The Hall–Kier alpha value is -6.26. The Morgan fingerprint density at radius 3 is 1.83 bits per heavy atom. The fraction of sp³-hybridized carbons (Fsp3) is 0.250. The molecule has 60 heavy (non-hydrogen) atoms. The maximum atomic E-state index is 11.8. The Bertz CT molecular complexity index is 2880. The minimum absolute atomic E-state index is 0.0897. The van der Waals surface area contributed by atoms with Crippen LogP contribution in [-0.4, -0.2) is 19.6 Å². The van der Waals surface area contributed by atoms with Gasteiger partial charge in [0.2, 0.25) is 0 Å². The zero-order chi connectivity index (χ0) is 42.7. The Balaban J connectivity index is 1.36. The van der Waals surface area contributed by atoms with Gasteiger partial charge in [0.15, 0.2) is 0 Å². The average molecular weight is 788 g/mol. The summed E-state index contributed by atoms with van der Waals surface area (Å²) < 4.78 is 2.27. The fourth-order valence-electron chi connectivity index (χ4n) is 8.32. The van der Waals surface area contributed by atoms with Crippen LogP contribution in [0.15, 0.2) is 140 Å². The monoisotopic (exact) mass is 787 g/mol. The van der Waals surface area contributed by atoms with Crippen molar-refractivity contribution < 1.29 is 5.11 Å². The molecule has 0 radical (unpaired) electrons. The Kier molecular flexibility index (Phi) is 10.2. The molecule has 8 rings (SSSR count). The van der Waals surface area contributed by atoms with Crippen LogP contribution in [0.5, 0.6) is 5.75 Å². The lowest BCUT2D eigenvalue weighted by Crippen LogP contribution is -2.16. The molecule has 2 heterocycles. The first-order valence-corrected chi connectivity index (χ1v) is 21.1. The van der Waals surface area contributed by atoms with E-state index in [9.17, 15) is 5.11 Å². The smallest absolute Gasteiger partial charge is 0.149 e. The summed E-state index contributed by atoms with van der Waals surface area (Å²) in [5.74, 6) is 0.951. The van der Waals surface area contributed by atoms with E-state index >= 15 is 0 Å². The van der Waals surface area contributed by atoms with Crippen molar-refractivity contribution in [1.29, 1.82) is 0 Å². The molecule has 0 unspecified atom stereocenters. The first-order valence-electron chi connectivity index (χ1n) is 21.1. The van der Waals surface area contributed by atoms with Crippen LogP contribution in [-0.2, 0) is 16.2 Å². The van der Waals surface area contributed by atoms with E-state index in [2.05, 4.69) is 201 Å². The number of imidazole rings is 1. The maximum absolute atomic E-state index is 11.8. The highest BCUT2D eigenvalue weighted by Crippen LogP contribution is 2.43. The number of aromatic hydroxyl groups is 1. The van der Waals surface area contributed by atoms with Gasteiger partial charge in [0.05, 0.1) is 28.0 Å². The molecular weight excluding hydrogens is 731 g/mol. The van der Waals surface area contributed by atoms with Gasteiger partial charge in [0.1, 0.15) is 11.6 Å². The lowest BCUT2D eigenvalue weighted by atomic mass is 9.83. The molecule has 6 aromatic carbocycles. The van der Waals surface area contributed by atoms with Gasteiger partial charge < -0.3 is 5.11 Å². The number of aryl methyl sites for hydroxylation is 2. The Labute approximate surface area is 356 Å². The number of rotatable bonds is 6. The van der Waals surface area contributed by atoms with Crippen LogP contribution in [0.25, 0.3) is 72.7 Å². The number of benzene rings is 6. The van der Waals surface area contributed by atoms with Crippen molar-refractivity contribution in [2.24, 2.45) is 0 Å². The van der Waals surface area contributed by atoms with Gasteiger partial charge >= 0.3 is 0 Å². The number of pyridine rings is 1. The summed E-state index contributed by atoms with van der Waals surface area (Å²) in [6.45, 7) is 24.4. The van der Waals surface area contributed by atoms with Crippen LogP contribution in [0.1, 0.15) is 90.1 Å². The second kappa shape index (κ2) is 15.1. The molecule has 0 aliphatic carbocycles. The summed E-state index contributed by atoms with van der Waals surface area (Å²) in [5.41, 5.74) is 17.7. The largest absolute Gasteiger partial charge is 0.507 e. The van der Waals surface area contributed by atoms with E-state index < -0.39 is 0 Å². The summed E-state index contributed by atoms with van der Waals surface area (Å²) in [5, 5.41) is 11.8. The summed E-state index contributed by atoms with van der Waals surface area (Å²) in [4.78, 5) is 10.5. The van der Waals surface area contributed by atoms with Gasteiger partial charge in [-0.3, -0.25) is 9.55 Å². The third-order valence-corrected chi connectivity index (χ3v) is 11.8. The molecule has 4 heteroatoms. The van der Waals surface area contributed by atoms with Crippen LogP contribution >= 0.6 is 0 Å². The number of para-hydroxylation sites is 1. The van der Waals surface area contributed by atoms with Gasteiger partial charge in [0.25, 0.3) is 0 Å². The highest BCUT2D eigenvalue weighted by Gasteiger charge is 2.27. The molecule has 0 atom stereocenters. The van der Waals surface area contributed by atoms with Gasteiger partial charge in [0, 0.05) is 17.3 Å². The molecule has 4 nitrogen and oxygen atoms in total. The fourth-order valence-corrected chi connectivity index (χ4v) is 8.32. The maximum Gasteiger partial charge on any atom is 0.149 e. The Morgan fingerprint density at radius 1 is 0.500 bits per heavy atom. The van der Waals surface area contributed by atoms with Crippen molar-refractivity contribution in [3.63, 3.8) is 0 Å². The van der Waals surface area contributed by atoms with E-state index in [1.54, 1.807) is 0 Å². The van der Waals surface area contributed by atoms with Gasteiger partial charge in [-0.25, -0.2) is 4.98 Å². The average Bonchev–Trinajstić information content (AvgIpc) is 3.61. The first-order chi connectivity index (χ1) is 28.4. The van der Waals surface area contributed by atoms with Gasteiger partial charge in [-0.1, -0.05) is 147 Å². The molecule has 2 aromatic heterocycles. The molecule has 0 bridgehead atoms. The highest BCUT2D eigenvalue weighted by atomic mass is 16.3. The van der Waals surface area contributed by atoms with Crippen LogP contribution < -0.4 is 0 Å². The number of phenols is 1. The number of fused-ring (bicyclic) bond motifs is 1. The molecule has 0 aliphatic rings. The van der Waals surface area contributed by atoms with Crippen LogP contribution in [0.2, 0.25) is 0 Å². The third kappa shape index (κ3) is 7.79. The SMILES string of the molecule is Cc1cc(C)c(O)c(-c2nc3c(-c4cc(-c5cc(-c6ccc(C(C)(C)C)cc6)ccn5)cc(C(C)(C)C)c4)cccc3n2-c2ccc(-c3ccccc3)cc2C(C)(C)C)c1. The van der Waals surface area contributed by atoms with Crippen molar-refractivity contribution >= 4 is 11.0 Å². The van der Waals surface area contributed by atoms with Crippen molar-refractivity contribution in [2.45, 2.75) is 92.4 Å². The van der Waals surface area contributed by atoms with E-state index in [1.165, 1.54) is 27.8 Å². The van der Waals surface area contributed by atoms with Crippen molar-refractivity contribution in [2.75, 3.05) is 0 Å². The number of aromatic nitrogens is 3. The van der Waals surface area contributed by atoms with E-state index in [4.69, 9.17) is 9.97 Å². The van der Waals surface area contributed by atoms with E-state index in [-0.39, 0.29) is 22.0 Å². The van der Waals surface area contributed by atoms with E-state index in [0.717, 1.165) is 61.4 Å². The predicted molar refractivity (Wildman–Crippen MR) is 253 cm³/mol. The quantitative estimate of drug-likeness (QED) is 0.183. The normalized spacial score (nSPS) is 12.3. The van der Waals surface area contributed by atoms with Crippen LogP contribution in [0.3, 0.4) is 0 Å². The number of phenolic OH excluding ortho intramolecular Hbond substituents is 1. The summed E-state index contributed by atoms with van der Waals surface area (Å²) in [7, 11) is 0. The molecular formula is C56H57N3O. The number of nitrogens with zero attached hydrogens (tertiary/aromatic N) is 3. The van der Waals surface area contributed by atoms with Crippen molar-refractivity contribution in [3.05, 3.63) is 167 Å². The summed E-state index contributed by atoms with van der Waals surface area (Å²) in [6.07, 6.45) is 1.92. The summed E-state index contributed by atoms with van der Waals surface area (Å²) >= 11 is 0. The topological polar surface area (TPSA) is 50.9 Å². The van der Waals surface area contributed by atoms with Crippen LogP contribution in [0, 0.1) is 13.8 Å². The highest BCUT2D eigenvalue weighted by molar-refractivity contribution is 5.97. The molecule has 0 aliphatic heterocycles. The Morgan fingerprint density at radius 2 is 1.15 bits per heavy atom. The molecule has 0 saturated heterocycles. The van der Waals surface area contributed by atoms with Gasteiger partial charge in [-0.15, -0.1) is 0 Å². The minimum Gasteiger partial charge on any atom is -0.507 e. The molecule has 8 aromatic rings. The van der Waals surface area contributed by atoms with E-state index in [1.807, 2.05) is 19.2 Å². The second-order valence-corrected chi connectivity index (χ2v) is 19.6. The first kappa shape index (κ1) is 40.5. The molecule has 1 N–H and O–H groups in total. The zero-order valence-corrected chi connectivity index (χ0v) is 37.1. The van der Waals surface area contributed by atoms with E-state index in [0.29, 0.717) is 11.4 Å². The standard InChI is InChI=1S/C56H57N3O/c1-35-28-36(2)52(60)46(29-35)53-58-51-45(18-15-19-50(51)59(53)49-25-22-39(33-47(49)56(9,10)11)37-16-13-12-14-17-37)41-30-42(32-44(31-41)55(6,7)8)48-34-40(26-27-57-48)38-20-23-43(24-21-38)54(3,4)5/h12-34,60H,1-11H3.